The lowest BCUT2D eigenvalue weighted by molar-refractivity contribution is -0.379. The number of nitrogens with one attached hydrogen (secondary N) is 1. The van der Waals surface area contributed by atoms with E-state index in [1.54, 1.807) is 6.08 Å². The van der Waals surface area contributed by atoms with Crippen LogP contribution in [0, 0.1) is 0 Å². The molecule has 3 fully saturated rings. The van der Waals surface area contributed by atoms with Crippen molar-refractivity contribution in [3.63, 3.8) is 0 Å². The quantitative estimate of drug-likeness (QED) is 0.0199. The highest BCUT2D eigenvalue weighted by Gasteiger charge is 2.54. The summed E-state index contributed by atoms with van der Waals surface area (Å²) < 4.78 is 34.4. The van der Waals surface area contributed by atoms with Crippen LogP contribution in [-0.2, 0) is 33.2 Å². The molecule has 0 aromatic carbocycles. The molecule has 110 heavy (non-hydrogen) atoms. The van der Waals surface area contributed by atoms with Crippen LogP contribution in [-0.4, -0.2) is 193 Å². The second kappa shape index (κ2) is 68.8. The molecule has 628 valence electrons. The lowest BCUT2D eigenvalue weighted by Crippen LogP contribution is -2.66. The van der Waals surface area contributed by atoms with E-state index in [0.29, 0.717) is 12.8 Å². The molecule has 19 heteroatoms. The number of allylic oxidation sites excluding steroid dienone is 25. The zero-order chi connectivity index (χ0) is 79.5. The van der Waals surface area contributed by atoms with Gasteiger partial charge in [-0.1, -0.05) is 313 Å². The molecule has 0 aromatic rings. The fourth-order valence-electron chi connectivity index (χ4n) is 13.3. The Hall–Kier alpha value is -4.59. The van der Waals surface area contributed by atoms with E-state index in [0.717, 1.165) is 135 Å². The Bertz CT molecular complexity index is 2610. The summed E-state index contributed by atoms with van der Waals surface area (Å²) in [7, 11) is 0. The molecule has 17 atom stereocenters. The van der Waals surface area contributed by atoms with Crippen molar-refractivity contribution in [2.45, 2.75) is 381 Å². The molecule has 1 amide bonds. The third-order valence-corrected chi connectivity index (χ3v) is 20.1. The van der Waals surface area contributed by atoms with Crippen LogP contribution in [0.4, 0.5) is 0 Å². The summed E-state index contributed by atoms with van der Waals surface area (Å²) in [6.45, 7) is 1.60. The number of carbonyl (C=O) groups is 1. The van der Waals surface area contributed by atoms with E-state index >= 15 is 0 Å². The Balaban J connectivity index is 1.36. The van der Waals surface area contributed by atoms with Crippen molar-refractivity contribution < 1.29 is 89.4 Å². The van der Waals surface area contributed by atoms with Gasteiger partial charge < -0.3 is 89.9 Å². The predicted molar refractivity (Wildman–Crippen MR) is 442 cm³/mol. The second-order valence-electron chi connectivity index (χ2n) is 29.6. The number of ether oxygens (including phenoxy) is 6. The fourth-order valence-corrected chi connectivity index (χ4v) is 13.3. The van der Waals surface area contributed by atoms with E-state index < -0.39 is 124 Å². The Morgan fingerprint density at radius 1 is 0.336 bits per heavy atom. The van der Waals surface area contributed by atoms with E-state index in [4.69, 9.17) is 28.4 Å². The number of aliphatic hydroxyl groups excluding tert-OH is 11. The maximum Gasteiger partial charge on any atom is 0.220 e. The molecule has 3 aliphatic rings. The number of carbonyl (C=O) groups excluding carboxylic acids is 1. The second-order valence-corrected chi connectivity index (χ2v) is 29.6. The third-order valence-electron chi connectivity index (χ3n) is 20.1. The minimum absolute atomic E-state index is 0.213. The summed E-state index contributed by atoms with van der Waals surface area (Å²) in [4.78, 5) is 13.5. The van der Waals surface area contributed by atoms with Crippen LogP contribution in [0.3, 0.4) is 0 Å². The standard InChI is InChI=1S/C91H151NO18/c1-3-5-7-9-11-13-15-17-19-21-23-25-27-29-30-31-32-33-34-35-36-37-38-39-40-41-42-43-44-45-47-49-51-53-55-57-59-61-63-65-67-69-79(97)92-74(75(96)68-66-64-62-60-58-56-54-52-50-48-46-28-26-24-22-20-18-16-14-12-10-8-6-4-2)73-105-89-85(103)82(100)87(77(71-94)107-89)110-91-86(104)83(101)88(78(72-95)108-91)109-90-84(102)81(99)80(98)76(70-93)106-90/h5,7,11,13,17,19,23,25,29-30,32-33,35-36,38-39,41-42,44-45,49,51,58,60,66,68,74-78,80-91,93-96,98-104H,3-4,6,8-10,12,14-16,18,20-22,24,26-28,31,34,37,40,43,46-48,50,52-57,59,61-65,67,69-73H2,1-2H3,(H,92,97)/b7-5-,13-11-,19-17-,25-23-,30-29-,33-32-,36-35-,39-38-,42-41-,45-44-,51-49-,60-58+,68-66+. The summed E-state index contributed by atoms with van der Waals surface area (Å²) in [5.41, 5.74) is 0. The first-order valence-electron chi connectivity index (χ1n) is 42.7. The molecule has 12 N–H and O–H groups in total. The van der Waals surface area contributed by atoms with Gasteiger partial charge in [0.25, 0.3) is 0 Å². The van der Waals surface area contributed by atoms with Crippen LogP contribution in [0.15, 0.2) is 158 Å². The molecular formula is C91H151NO18. The van der Waals surface area contributed by atoms with Gasteiger partial charge in [0.05, 0.1) is 38.6 Å². The smallest absolute Gasteiger partial charge is 0.220 e. The molecule has 3 aliphatic heterocycles. The minimum Gasteiger partial charge on any atom is -0.394 e. The third kappa shape index (κ3) is 47.3. The van der Waals surface area contributed by atoms with Crippen LogP contribution in [0.2, 0.25) is 0 Å². The van der Waals surface area contributed by atoms with Crippen LogP contribution < -0.4 is 5.32 Å². The van der Waals surface area contributed by atoms with Crippen molar-refractivity contribution in [1.82, 2.24) is 5.32 Å². The Morgan fingerprint density at radius 3 is 1.02 bits per heavy atom. The number of rotatable bonds is 66. The topological polar surface area (TPSA) is 307 Å². The van der Waals surface area contributed by atoms with Crippen molar-refractivity contribution >= 4 is 5.91 Å². The Labute approximate surface area is 663 Å². The average Bonchev–Trinajstić information content (AvgIpc) is 0.782. The first-order chi connectivity index (χ1) is 53.8. The lowest BCUT2D eigenvalue weighted by atomic mass is 9.96. The van der Waals surface area contributed by atoms with Gasteiger partial charge in [-0.3, -0.25) is 4.79 Å². The number of hydrogen-bond acceptors (Lipinski definition) is 18. The molecule has 0 aliphatic carbocycles. The van der Waals surface area contributed by atoms with Gasteiger partial charge in [-0.2, -0.15) is 0 Å². The highest BCUT2D eigenvalue weighted by atomic mass is 16.8. The summed E-state index contributed by atoms with van der Waals surface area (Å²) in [5.74, 6) is -0.301. The highest BCUT2D eigenvalue weighted by molar-refractivity contribution is 5.76. The minimum atomic E-state index is -1.99. The first kappa shape index (κ1) is 99.6. The molecule has 3 saturated heterocycles. The van der Waals surface area contributed by atoms with Gasteiger partial charge in [0.15, 0.2) is 18.9 Å². The number of unbranched alkanes of at least 4 members (excludes halogenated alkanes) is 26. The van der Waals surface area contributed by atoms with Crippen LogP contribution >= 0.6 is 0 Å². The highest BCUT2D eigenvalue weighted by Crippen LogP contribution is 2.33. The summed E-state index contributed by atoms with van der Waals surface area (Å²) in [5, 5.41) is 121. The van der Waals surface area contributed by atoms with E-state index in [-0.39, 0.29) is 18.9 Å². The van der Waals surface area contributed by atoms with Crippen molar-refractivity contribution in [2.24, 2.45) is 0 Å². The van der Waals surface area contributed by atoms with Gasteiger partial charge in [-0.15, -0.1) is 0 Å². The van der Waals surface area contributed by atoms with Crippen molar-refractivity contribution in [1.29, 1.82) is 0 Å². The van der Waals surface area contributed by atoms with Gasteiger partial charge in [0.1, 0.15) is 73.2 Å². The van der Waals surface area contributed by atoms with Crippen molar-refractivity contribution in [3.8, 4) is 0 Å². The maximum absolute atomic E-state index is 13.5. The largest absolute Gasteiger partial charge is 0.394 e. The molecule has 0 spiro atoms. The molecule has 0 radical (unpaired) electrons. The fraction of sp³-hybridized carbons (Fsp3) is 0.703. The molecule has 3 heterocycles. The van der Waals surface area contributed by atoms with Crippen molar-refractivity contribution in [3.05, 3.63) is 158 Å². The van der Waals surface area contributed by atoms with Crippen molar-refractivity contribution in [2.75, 3.05) is 26.4 Å². The zero-order valence-corrected chi connectivity index (χ0v) is 67.4. The number of hydrogen-bond donors (Lipinski definition) is 12. The summed E-state index contributed by atoms with van der Waals surface area (Å²) in [6, 6.07) is -1.01. The molecule has 0 saturated carbocycles. The summed E-state index contributed by atoms with van der Waals surface area (Å²) >= 11 is 0. The molecule has 0 bridgehead atoms. The van der Waals surface area contributed by atoms with Gasteiger partial charge in [0.2, 0.25) is 5.91 Å². The molecule has 17 unspecified atom stereocenters. The molecule has 3 rings (SSSR count). The van der Waals surface area contributed by atoms with E-state index in [1.165, 1.54) is 109 Å². The van der Waals surface area contributed by atoms with Gasteiger partial charge in [-0.25, -0.2) is 0 Å². The van der Waals surface area contributed by atoms with Gasteiger partial charge in [0, 0.05) is 6.42 Å². The van der Waals surface area contributed by atoms with Crippen LogP contribution in [0.25, 0.3) is 0 Å². The van der Waals surface area contributed by atoms with E-state index in [1.807, 2.05) is 6.08 Å². The maximum atomic E-state index is 13.5. The van der Waals surface area contributed by atoms with Crippen LogP contribution in [0.5, 0.6) is 0 Å². The van der Waals surface area contributed by atoms with E-state index in [2.05, 4.69) is 165 Å². The molecule has 0 aromatic heterocycles. The monoisotopic (exact) mass is 1550 g/mol. The number of aliphatic hydroxyl groups is 11. The lowest BCUT2D eigenvalue weighted by Gasteiger charge is -2.48. The van der Waals surface area contributed by atoms with Crippen LogP contribution in [0.1, 0.15) is 277 Å². The Kier molecular flexibility index (Phi) is 62.3. The van der Waals surface area contributed by atoms with Gasteiger partial charge in [-0.05, 0) is 116 Å². The molecule has 19 nitrogen and oxygen atoms in total. The number of amides is 1. The van der Waals surface area contributed by atoms with E-state index in [9.17, 15) is 61.0 Å². The predicted octanol–water partition coefficient (Wildman–Crippen LogP) is 15.6. The van der Waals surface area contributed by atoms with Gasteiger partial charge >= 0.3 is 0 Å². The summed E-state index contributed by atoms with van der Waals surface area (Å²) in [6.07, 6.45) is 75.1. The Morgan fingerprint density at radius 2 is 0.636 bits per heavy atom. The zero-order valence-electron chi connectivity index (χ0n) is 67.4. The first-order valence-corrected chi connectivity index (χ1v) is 42.7. The average molecular weight is 1550 g/mol. The normalized spacial score (nSPS) is 26.0. The SMILES string of the molecule is CC/C=C\C/C=C\C/C=C\C/C=C\C/C=C\C/C=C\C/C=C\C/C=C\C/C=C\C/C=C\C/C=C\CCCCCCCCCC(=O)NC(COC1OC(CO)C(OC2OC(CO)C(OC3OC(CO)C(O)C(O)C3O)C(O)C2O)C(O)C1O)C(O)/C=C/CC/C=C/CCCCCCCCCCCCCCCCCCCC. The molecular weight excluding hydrogens is 1390 g/mol.